The van der Waals surface area contributed by atoms with Crippen LogP contribution in [0.4, 0.5) is 0 Å². The molecule has 4 heterocycles. The number of carboxylic acid groups (broad SMARTS) is 1. The van der Waals surface area contributed by atoms with Gasteiger partial charge >= 0.3 is 17.6 Å². The van der Waals surface area contributed by atoms with Crippen LogP contribution in [0, 0.1) is 0 Å². The molecule has 0 radical (unpaired) electrons. The highest BCUT2D eigenvalue weighted by Crippen LogP contribution is 2.27. The number of aromatic nitrogens is 4. The number of aromatic carboxylic acids is 1. The molecule has 1 saturated heterocycles. The van der Waals surface area contributed by atoms with Gasteiger partial charge in [0.15, 0.2) is 5.65 Å². The first kappa shape index (κ1) is 26.1. The summed E-state index contributed by atoms with van der Waals surface area (Å²) in [5.74, 6) is -1.37. The number of likely N-dealkylation sites (tertiary alicyclic amines) is 1. The summed E-state index contributed by atoms with van der Waals surface area (Å²) in [6.07, 6.45) is 3.96. The second-order valence-electron chi connectivity index (χ2n) is 9.97. The molecule has 1 N–H and O–H groups in total. The van der Waals surface area contributed by atoms with Crippen LogP contribution in [-0.2, 0) is 11.3 Å². The van der Waals surface area contributed by atoms with Crippen molar-refractivity contribution >= 4 is 23.1 Å². The summed E-state index contributed by atoms with van der Waals surface area (Å²) >= 11 is 0. The second kappa shape index (κ2) is 10.8. The van der Waals surface area contributed by atoms with Gasteiger partial charge in [0.1, 0.15) is 0 Å². The van der Waals surface area contributed by atoms with Gasteiger partial charge in [0.25, 0.3) is 0 Å². The van der Waals surface area contributed by atoms with Crippen molar-refractivity contribution in [1.29, 1.82) is 0 Å². The Morgan fingerprint density at radius 1 is 0.951 bits per heavy atom. The quantitative estimate of drug-likeness (QED) is 0.300. The number of benzene rings is 2. The van der Waals surface area contributed by atoms with E-state index in [1.165, 1.54) is 19.4 Å². The fourth-order valence-electron chi connectivity index (χ4n) is 5.44. The number of carbonyl (C=O) groups is 2. The van der Waals surface area contributed by atoms with Crippen LogP contribution in [0.5, 0.6) is 0 Å². The first-order valence-corrected chi connectivity index (χ1v) is 13.2. The summed E-state index contributed by atoms with van der Waals surface area (Å²) in [5, 5.41) is 9.29. The van der Waals surface area contributed by atoms with E-state index in [9.17, 15) is 19.5 Å². The number of carboxylic acids is 1. The minimum Gasteiger partial charge on any atom is -0.478 e. The van der Waals surface area contributed by atoms with Gasteiger partial charge in [-0.05, 0) is 66.1 Å². The molecule has 0 spiro atoms. The van der Waals surface area contributed by atoms with Gasteiger partial charge in [0.2, 0.25) is 0 Å². The number of carbonyl (C=O) groups excluding carboxylic acids is 1. The van der Waals surface area contributed by atoms with Crippen LogP contribution < -0.4 is 5.69 Å². The van der Waals surface area contributed by atoms with Crippen molar-refractivity contribution < 1.29 is 19.4 Å². The first-order chi connectivity index (χ1) is 19.9. The average Bonchev–Trinajstić information content (AvgIpc) is 3.57. The molecule has 5 aromatic rings. The third-order valence-electron chi connectivity index (χ3n) is 7.46. The molecule has 3 aromatic heterocycles. The number of nitrogens with zero attached hydrogens (tertiary/aromatic N) is 5. The van der Waals surface area contributed by atoms with Crippen molar-refractivity contribution in [3.05, 3.63) is 112 Å². The van der Waals surface area contributed by atoms with Crippen molar-refractivity contribution in [3.8, 4) is 16.8 Å². The number of pyridine rings is 2. The van der Waals surface area contributed by atoms with Crippen LogP contribution in [-0.4, -0.2) is 61.2 Å². The van der Waals surface area contributed by atoms with Gasteiger partial charge in [-0.1, -0.05) is 24.3 Å². The maximum absolute atomic E-state index is 13.9. The predicted molar refractivity (Wildman–Crippen MR) is 152 cm³/mol. The average molecular weight is 550 g/mol. The van der Waals surface area contributed by atoms with E-state index in [2.05, 4.69) is 14.9 Å². The molecule has 1 fully saturated rings. The van der Waals surface area contributed by atoms with Gasteiger partial charge in [-0.25, -0.2) is 19.4 Å². The van der Waals surface area contributed by atoms with Crippen LogP contribution >= 0.6 is 0 Å². The lowest BCUT2D eigenvalue weighted by atomic mass is 10.0. The molecule has 41 heavy (non-hydrogen) atoms. The molecule has 2 aromatic carbocycles. The SMILES string of the molecule is COC(=O)c1ccc(-c2ccc(-n3c(=O)n(C4CCN(Cc5cc(C(=O)O)ccn5)C4)c4ncccc43)cc2)cc1. The molecular formula is C31H27N5O5. The maximum atomic E-state index is 13.9. The van der Waals surface area contributed by atoms with E-state index in [1.54, 1.807) is 33.5 Å². The Labute approximate surface area is 235 Å². The lowest BCUT2D eigenvalue weighted by Gasteiger charge is -2.16. The van der Waals surface area contributed by atoms with Crippen molar-refractivity contribution in [3.63, 3.8) is 0 Å². The number of hydrogen-bond donors (Lipinski definition) is 1. The Bertz CT molecular complexity index is 1810. The molecule has 0 saturated carbocycles. The van der Waals surface area contributed by atoms with E-state index in [0.717, 1.165) is 35.3 Å². The zero-order chi connectivity index (χ0) is 28.5. The van der Waals surface area contributed by atoms with E-state index in [0.29, 0.717) is 30.0 Å². The molecule has 0 amide bonds. The number of imidazole rings is 1. The van der Waals surface area contributed by atoms with Gasteiger partial charge in [-0.15, -0.1) is 0 Å². The van der Waals surface area contributed by atoms with E-state index in [4.69, 9.17) is 4.74 Å². The lowest BCUT2D eigenvalue weighted by molar-refractivity contribution is 0.0599. The summed E-state index contributed by atoms with van der Waals surface area (Å²) < 4.78 is 8.23. The molecule has 0 bridgehead atoms. The highest BCUT2D eigenvalue weighted by Gasteiger charge is 2.29. The van der Waals surface area contributed by atoms with E-state index < -0.39 is 5.97 Å². The Morgan fingerprint density at radius 3 is 2.39 bits per heavy atom. The molecular weight excluding hydrogens is 522 g/mol. The molecule has 0 aliphatic carbocycles. The Balaban J connectivity index is 1.27. The summed E-state index contributed by atoms with van der Waals surface area (Å²) in [4.78, 5) is 48.1. The monoisotopic (exact) mass is 549 g/mol. The van der Waals surface area contributed by atoms with Crippen LogP contribution in [0.2, 0.25) is 0 Å². The minimum atomic E-state index is -0.983. The number of methoxy groups -OCH3 is 1. The Morgan fingerprint density at radius 2 is 1.68 bits per heavy atom. The van der Waals surface area contributed by atoms with Gasteiger partial charge < -0.3 is 9.84 Å². The normalized spacial score (nSPS) is 15.3. The number of hydrogen-bond acceptors (Lipinski definition) is 7. The minimum absolute atomic E-state index is 0.0867. The van der Waals surface area contributed by atoms with Crippen molar-refractivity contribution in [2.24, 2.45) is 0 Å². The van der Waals surface area contributed by atoms with Gasteiger partial charge in [0.05, 0.1) is 41.2 Å². The fourth-order valence-corrected chi connectivity index (χ4v) is 5.44. The van der Waals surface area contributed by atoms with Crippen molar-refractivity contribution in [2.45, 2.75) is 19.0 Å². The molecule has 1 aliphatic heterocycles. The van der Waals surface area contributed by atoms with Crippen LogP contribution in [0.1, 0.15) is 38.9 Å². The predicted octanol–water partition coefficient (Wildman–Crippen LogP) is 4.18. The van der Waals surface area contributed by atoms with E-state index in [1.807, 2.05) is 48.5 Å². The highest BCUT2D eigenvalue weighted by molar-refractivity contribution is 5.90. The largest absolute Gasteiger partial charge is 0.478 e. The fraction of sp³-hybridized carbons (Fsp3) is 0.194. The lowest BCUT2D eigenvalue weighted by Crippen LogP contribution is -2.29. The summed E-state index contributed by atoms with van der Waals surface area (Å²) in [6, 6.07) is 21.6. The molecule has 10 heteroatoms. The molecule has 206 valence electrons. The molecule has 6 rings (SSSR count). The molecule has 1 unspecified atom stereocenters. The Hall–Kier alpha value is -5.09. The van der Waals surface area contributed by atoms with Crippen LogP contribution in [0.3, 0.4) is 0 Å². The number of fused-ring (bicyclic) bond motifs is 1. The highest BCUT2D eigenvalue weighted by atomic mass is 16.5. The van der Waals surface area contributed by atoms with Crippen molar-refractivity contribution in [2.75, 3.05) is 20.2 Å². The summed E-state index contributed by atoms with van der Waals surface area (Å²) in [7, 11) is 1.35. The van der Waals surface area contributed by atoms with E-state index in [-0.39, 0.29) is 23.3 Å². The van der Waals surface area contributed by atoms with Crippen LogP contribution in [0.15, 0.2) is 90.0 Å². The summed E-state index contributed by atoms with van der Waals surface area (Å²) in [5.41, 5.74) is 5.17. The zero-order valence-electron chi connectivity index (χ0n) is 22.3. The number of rotatable bonds is 7. The smallest absolute Gasteiger partial charge is 0.337 e. The number of ether oxygens (including phenoxy) is 1. The Kier molecular flexibility index (Phi) is 6.90. The van der Waals surface area contributed by atoms with Crippen molar-refractivity contribution in [1.82, 2.24) is 24.0 Å². The molecule has 10 nitrogen and oxygen atoms in total. The van der Waals surface area contributed by atoms with Gasteiger partial charge in [0, 0.05) is 32.0 Å². The van der Waals surface area contributed by atoms with Gasteiger partial charge in [-0.3, -0.25) is 19.0 Å². The third kappa shape index (κ3) is 5.01. The first-order valence-electron chi connectivity index (χ1n) is 13.2. The second-order valence-corrected chi connectivity index (χ2v) is 9.97. The van der Waals surface area contributed by atoms with Gasteiger partial charge in [-0.2, -0.15) is 0 Å². The number of esters is 1. The van der Waals surface area contributed by atoms with Crippen LogP contribution in [0.25, 0.3) is 28.0 Å². The molecule has 1 aliphatic rings. The third-order valence-corrected chi connectivity index (χ3v) is 7.46. The zero-order valence-corrected chi connectivity index (χ0v) is 22.3. The topological polar surface area (TPSA) is 120 Å². The molecule has 1 atom stereocenters. The maximum Gasteiger partial charge on any atom is 0.337 e. The summed E-state index contributed by atoms with van der Waals surface area (Å²) in [6.45, 7) is 1.87. The standard InChI is InChI=1S/C31H27N5O5/c1-41-30(39)22-6-4-20(5-7-22)21-8-10-25(11-9-21)35-27-3-2-14-33-28(27)36(31(35)40)26-13-16-34(19-26)18-24-17-23(29(37)38)12-15-32-24/h2-12,14-15,17,26H,13,16,18-19H2,1H3,(H,37,38). The van der Waals surface area contributed by atoms with E-state index >= 15 is 0 Å².